The maximum absolute atomic E-state index is 14.3. The lowest BCUT2D eigenvalue weighted by molar-refractivity contribution is 0.293. The van der Waals surface area contributed by atoms with E-state index in [1.54, 1.807) is 12.4 Å². The first-order chi connectivity index (χ1) is 8.47. The van der Waals surface area contributed by atoms with Crippen molar-refractivity contribution in [2.24, 2.45) is 0 Å². The average Bonchev–Trinajstić information content (AvgIpc) is 2.34. The third-order valence-electron chi connectivity index (χ3n) is 2.87. The molecule has 0 spiro atoms. The van der Waals surface area contributed by atoms with Crippen molar-refractivity contribution >= 4 is 10.8 Å². The van der Waals surface area contributed by atoms with Gasteiger partial charge in [0.1, 0.15) is 6.17 Å². The molecule has 0 aliphatic heterocycles. The summed E-state index contributed by atoms with van der Waals surface area (Å²) in [5.74, 6) is 0. The van der Waals surface area contributed by atoms with E-state index in [1.807, 2.05) is 45.0 Å². The summed E-state index contributed by atoms with van der Waals surface area (Å²) in [6.07, 6.45) is 2.44. The number of rotatable bonds is 3. The standard InChI is InChI=1S/C15H19FN2/c1-15(2,3)18-10-14(16)12-6-4-5-11-7-8-17-9-13(11)12/h4-9,14,18H,10H2,1-3H3. The Kier molecular flexibility index (Phi) is 3.62. The minimum atomic E-state index is -1.02. The fourth-order valence-electron chi connectivity index (χ4n) is 1.92. The molecule has 18 heavy (non-hydrogen) atoms. The van der Waals surface area contributed by atoms with Gasteiger partial charge in [0.25, 0.3) is 0 Å². The van der Waals surface area contributed by atoms with Crippen LogP contribution in [0, 0.1) is 0 Å². The first-order valence-electron chi connectivity index (χ1n) is 6.19. The van der Waals surface area contributed by atoms with Gasteiger partial charge in [-0.25, -0.2) is 4.39 Å². The highest BCUT2D eigenvalue weighted by Crippen LogP contribution is 2.25. The third-order valence-corrected chi connectivity index (χ3v) is 2.87. The average molecular weight is 246 g/mol. The molecular weight excluding hydrogens is 227 g/mol. The van der Waals surface area contributed by atoms with Crippen molar-refractivity contribution in [3.63, 3.8) is 0 Å². The molecule has 1 aromatic heterocycles. The number of halogens is 1. The van der Waals surface area contributed by atoms with Gasteiger partial charge in [-0.2, -0.15) is 0 Å². The number of nitrogens with zero attached hydrogens (tertiary/aromatic N) is 1. The summed E-state index contributed by atoms with van der Waals surface area (Å²) in [6.45, 7) is 6.41. The van der Waals surface area contributed by atoms with E-state index in [-0.39, 0.29) is 5.54 Å². The molecule has 0 aliphatic carbocycles. The van der Waals surface area contributed by atoms with E-state index >= 15 is 0 Å². The Hall–Kier alpha value is -1.48. The molecule has 0 saturated carbocycles. The predicted octanol–water partition coefficient (Wildman–Crippen LogP) is 3.63. The fourth-order valence-corrected chi connectivity index (χ4v) is 1.92. The second kappa shape index (κ2) is 5.02. The molecule has 1 heterocycles. The Morgan fingerprint density at radius 3 is 2.78 bits per heavy atom. The van der Waals surface area contributed by atoms with Gasteiger partial charge in [0.2, 0.25) is 0 Å². The predicted molar refractivity (Wildman–Crippen MR) is 73.3 cm³/mol. The number of nitrogens with one attached hydrogen (secondary N) is 1. The number of hydrogen-bond donors (Lipinski definition) is 1. The van der Waals surface area contributed by atoms with Crippen LogP contribution in [0.1, 0.15) is 32.5 Å². The molecule has 1 atom stereocenters. The number of pyridine rings is 1. The van der Waals surface area contributed by atoms with Gasteiger partial charge in [-0.3, -0.25) is 4.98 Å². The van der Waals surface area contributed by atoms with Crippen LogP contribution in [-0.4, -0.2) is 17.1 Å². The molecule has 0 amide bonds. The number of alkyl halides is 1. The molecule has 2 nitrogen and oxygen atoms in total. The first kappa shape index (κ1) is 13.0. The molecule has 0 fully saturated rings. The minimum absolute atomic E-state index is 0.0762. The zero-order valence-corrected chi connectivity index (χ0v) is 11.1. The minimum Gasteiger partial charge on any atom is -0.309 e. The fraction of sp³-hybridized carbons (Fsp3) is 0.400. The van der Waals surface area contributed by atoms with Crippen LogP contribution >= 0.6 is 0 Å². The van der Waals surface area contributed by atoms with Crippen LogP contribution in [0.2, 0.25) is 0 Å². The highest BCUT2D eigenvalue weighted by atomic mass is 19.1. The monoisotopic (exact) mass is 246 g/mol. The molecule has 96 valence electrons. The van der Waals surface area contributed by atoms with E-state index in [4.69, 9.17) is 0 Å². The Morgan fingerprint density at radius 2 is 2.06 bits per heavy atom. The van der Waals surface area contributed by atoms with Crippen molar-refractivity contribution in [2.45, 2.75) is 32.5 Å². The maximum Gasteiger partial charge on any atom is 0.138 e. The van der Waals surface area contributed by atoms with E-state index in [0.29, 0.717) is 12.1 Å². The van der Waals surface area contributed by atoms with Gasteiger partial charge in [0.05, 0.1) is 0 Å². The summed E-state index contributed by atoms with van der Waals surface area (Å²) in [4.78, 5) is 4.08. The van der Waals surface area contributed by atoms with E-state index in [9.17, 15) is 4.39 Å². The van der Waals surface area contributed by atoms with Crippen LogP contribution in [0.15, 0.2) is 36.7 Å². The van der Waals surface area contributed by atoms with Gasteiger partial charge in [-0.15, -0.1) is 0 Å². The van der Waals surface area contributed by atoms with Crippen LogP contribution < -0.4 is 5.32 Å². The topological polar surface area (TPSA) is 24.9 Å². The summed E-state index contributed by atoms with van der Waals surface area (Å²) in [6, 6.07) is 7.60. The molecule has 2 rings (SSSR count). The Morgan fingerprint density at radius 1 is 1.28 bits per heavy atom. The number of fused-ring (bicyclic) bond motifs is 1. The van der Waals surface area contributed by atoms with E-state index in [0.717, 1.165) is 10.8 Å². The number of benzene rings is 1. The lowest BCUT2D eigenvalue weighted by Gasteiger charge is -2.22. The smallest absolute Gasteiger partial charge is 0.138 e. The zero-order chi connectivity index (χ0) is 13.2. The van der Waals surface area contributed by atoms with Gasteiger partial charge in [-0.1, -0.05) is 18.2 Å². The van der Waals surface area contributed by atoms with Crippen LogP contribution in [-0.2, 0) is 0 Å². The SMILES string of the molecule is CC(C)(C)NCC(F)c1cccc2ccncc12. The van der Waals surface area contributed by atoms with Gasteiger partial charge >= 0.3 is 0 Å². The highest BCUT2D eigenvalue weighted by molar-refractivity contribution is 5.85. The largest absolute Gasteiger partial charge is 0.309 e. The van der Waals surface area contributed by atoms with Gasteiger partial charge < -0.3 is 5.32 Å². The van der Waals surface area contributed by atoms with Crippen molar-refractivity contribution in [1.82, 2.24) is 10.3 Å². The molecule has 0 bridgehead atoms. The Bertz CT molecular complexity index is 526. The first-order valence-corrected chi connectivity index (χ1v) is 6.19. The Balaban J connectivity index is 2.25. The van der Waals surface area contributed by atoms with Crippen molar-refractivity contribution in [1.29, 1.82) is 0 Å². The van der Waals surface area contributed by atoms with Crippen molar-refractivity contribution in [3.05, 3.63) is 42.2 Å². The zero-order valence-electron chi connectivity index (χ0n) is 11.1. The van der Waals surface area contributed by atoms with E-state index in [1.165, 1.54) is 0 Å². The quantitative estimate of drug-likeness (QED) is 0.894. The van der Waals surface area contributed by atoms with Crippen LogP contribution in [0.3, 0.4) is 0 Å². The van der Waals surface area contributed by atoms with Crippen LogP contribution in [0.5, 0.6) is 0 Å². The molecule has 3 heteroatoms. The van der Waals surface area contributed by atoms with Crippen molar-refractivity contribution in [2.75, 3.05) is 6.54 Å². The lowest BCUT2D eigenvalue weighted by Crippen LogP contribution is -2.37. The van der Waals surface area contributed by atoms with Gasteiger partial charge in [0.15, 0.2) is 0 Å². The molecule has 0 radical (unpaired) electrons. The van der Waals surface area contributed by atoms with Crippen molar-refractivity contribution in [3.8, 4) is 0 Å². The molecular formula is C15H19FN2. The molecule has 0 aliphatic rings. The van der Waals surface area contributed by atoms with E-state index in [2.05, 4.69) is 10.3 Å². The van der Waals surface area contributed by atoms with Gasteiger partial charge in [0, 0.05) is 29.9 Å². The molecule has 1 unspecified atom stereocenters. The molecule has 1 aromatic carbocycles. The Labute approximate surface area is 107 Å². The summed E-state index contributed by atoms with van der Waals surface area (Å²) in [5.41, 5.74) is 0.630. The second-order valence-electron chi connectivity index (χ2n) is 5.54. The normalized spacial score (nSPS) is 13.8. The van der Waals surface area contributed by atoms with Gasteiger partial charge in [-0.05, 0) is 37.8 Å². The highest BCUT2D eigenvalue weighted by Gasteiger charge is 2.16. The molecule has 0 saturated heterocycles. The lowest BCUT2D eigenvalue weighted by atomic mass is 10.0. The van der Waals surface area contributed by atoms with Crippen molar-refractivity contribution < 1.29 is 4.39 Å². The van der Waals surface area contributed by atoms with Crippen LogP contribution in [0.4, 0.5) is 4.39 Å². The molecule has 2 aromatic rings. The van der Waals surface area contributed by atoms with Crippen LogP contribution in [0.25, 0.3) is 10.8 Å². The molecule has 1 N–H and O–H groups in total. The number of aromatic nitrogens is 1. The summed E-state index contributed by atoms with van der Waals surface area (Å²) in [7, 11) is 0. The summed E-state index contributed by atoms with van der Waals surface area (Å²) >= 11 is 0. The third kappa shape index (κ3) is 3.05. The maximum atomic E-state index is 14.3. The number of hydrogen-bond acceptors (Lipinski definition) is 2. The second-order valence-corrected chi connectivity index (χ2v) is 5.54. The van der Waals surface area contributed by atoms with E-state index < -0.39 is 6.17 Å². The summed E-state index contributed by atoms with van der Waals surface area (Å²) in [5, 5.41) is 5.11. The summed E-state index contributed by atoms with van der Waals surface area (Å²) < 4.78 is 14.3.